The van der Waals surface area contributed by atoms with Gasteiger partial charge in [0, 0.05) is 13.0 Å². The van der Waals surface area contributed by atoms with Crippen LogP contribution in [0.2, 0.25) is 0 Å². The van der Waals surface area contributed by atoms with Gasteiger partial charge in [0.1, 0.15) is 5.54 Å². The molecule has 1 amide bonds. The van der Waals surface area contributed by atoms with E-state index in [0.717, 1.165) is 38.5 Å². The smallest absolute Gasteiger partial charge is 0.329 e. The molecule has 2 atom stereocenters. The summed E-state index contributed by atoms with van der Waals surface area (Å²) in [6.07, 6.45) is 8.49. The van der Waals surface area contributed by atoms with E-state index in [1.54, 1.807) is 4.90 Å². The van der Waals surface area contributed by atoms with Crippen molar-refractivity contribution in [1.29, 1.82) is 0 Å². The van der Waals surface area contributed by atoms with Crippen molar-refractivity contribution in [3.8, 4) is 0 Å². The number of carbonyl (C=O) groups excluding carboxylic acids is 1. The van der Waals surface area contributed by atoms with E-state index in [0.29, 0.717) is 18.8 Å². The van der Waals surface area contributed by atoms with Crippen molar-refractivity contribution in [2.24, 2.45) is 5.92 Å². The number of carbonyl (C=O) groups is 2. The summed E-state index contributed by atoms with van der Waals surface area (Å²) in [5.74, 6) is -0.227. The molecule has 1 N–H and O–H groups in total. The summed E-state index contributed by atoms with van der Waals surface area (Å²) in [7, 11) is 0. The summed E-state index contributed by atoms with van der Waals surface area (Å²) < 4.78 is 0. The van der Waals surface area contributed by atoms with Crippen molar-refractivity contribution in [3.05, 3.63) is 0 Å². The molecular formula is C16H27NO3. The standard InChI is InChI=1S/C16H27NO3/c1-3-5-13-6-4-10-16(11-9-13,15(19)20)17(12(2)18)14-7-8-14/h13-14H,3-11H2,1-2H3,(H,19,20). The van der Waals surface area contributed by atoms with Crippen LogP contribution in [0.25, 0.3) is 0 Å². The third kappa shape index (κ3) is 2.99. The predicted octanol–water partition coefficient (Wildman–Crippen LogP) is 3.20. The molecule has 0 aromatic heterocycles. The van der Waals surface area contributed by atoms with E-state index in [1.165, 1.54) is 13.3 Å². The molecule has 0 heterocycles. The fraction of sp³-hybridized carbons (Fsp3) is 0.875. The zero-order chi connectivity index (χ0) is 14.8. The molecule has 2 saturated carbocycles. The third-order valence-corrected chi connectivity index (χ3v) is 4.98. The Kier molecular flexibility index (Phi) is 4.71. The quantitative estimate of drug-likeness (QED) is 0.787. The first kappa shape index (κ1) is 15.3. The lowest BCUT2D eigenvalue weighted by atomic mass is 9.86. The van der Waals surface area contributed by atoms with E-state index in [2.05, 4.69) is 6.92 Å². The Morgan fingerprint density at radius 1 is 1.20 bits per heavy atom. The molecule has 2 aliphatic rings. The van der Waals surface area contributed by atoms with Gasteiger partial charge in [-0.25, -0.2) is 4.79 Å². The highest BCUT2D eigenvalue weighted by Gasteiger charge is 2.51. The van der Waals surface area contributed by atoms with Gasteiger partial charge < -0.3 is 10.0 Å². The Labute approximate surface area is 121 Å². The average Bonchev–Trinajstić information content (AvgIpc) is 3.18. The molecule has 0 aromatic carbocycles. The highest BCUT2D eigenvalue weighted by atomic mass is 16.4. The fourth-order valence-corrected chi connectivity index (χ4v) is 3.89. The number of hydrogen-bond acceptors (Lipinski definition) is 2. The maximum absolute atomic E-state index is 12.0. The second-order valence-corrected chi connectivity index (χ2v) is 6.54. The van der Waals surface area contributed by atoms with E-state index in [-0.39, 0.29) is 11.9 Å². The van der Waals surface area contributed by atoms with Crippen molar-refractivity contribution in [1.82, 2.24) is 4.90 Å². The summed E-state index contributed by atoms with van der Waals surface area (Å²) in [5, 5.41) is 9.83. The summed E-state index contributed by atoms with van der Waals surface area (Å²) in [5.41, 5.74) is -0.935. The first-order chi connectivity index (χ1) is 9.51. The Balaban J connectivity index is 2.20. The van der Waals surface area contributed by atoms with E-state index in [1.807, 2.05) is 0 Å². The monoisotopic (exact) mass is 281 g/mol. The molecule has 4 heteroatoms. The highest BCUT2D eigenvalue weighted by Crippen LogP contribution is 2.42. The SMILES string of the molecule is CCCC1CCCC(C(=O)O)(N(C(C)=O)C2CC2)CC1. The van der Waals surface area contributed by atoms with Crippen LogP contribution in [0.15, 0.2) is 0 Å². The largest absolute Gasteiger partial charge is 0.479 e. The van der Waals surface area contributed by atoms with Crippen molar-refractivity contribution < 1.29 is 14.7 Å². The summed E-state index contributed by atoms with van der Waals surface area (Å²) >= 11 is 0. The number of carboxylic acids is 1. The summed E-state index contributed by atoms with van der Waals surface area (Å²) in [6.45, 7) is 3.71. The van der Waals surface area contributed by atoms with Gasteiger partial charge in [0.05, 0.1) is 0 Å². The van der Waals surface area contributed by atoms with Gasteiger partial charge in [0.15, 0.2) is 0 Å². The van der Waals surface area contributed by atoms with Crippen LogP contribution >= 0.6 is 0 Å². The van der Waals surface area contributed by atoms with Crippen LogP contribution in [0, 0.1) is 5.92 Å². The predicted molar refractivity (Wildman–Crippen MR) is 77.4 cm³/mol. The van der Waals surface area contributed by atoms with Crippen LogP contribution in [0.5, 0.6) is 0 Å². The van der Waals surface area contributed by atoms with Gasteiger partial charge in [-0.15, -0.1) is 0 Å². The Morgan fingerprint density at radius 2 is 1.90 bits per heavy atom. The summed E-state index contributed by atoms with van der Waals surface area (Å²) in [4.78, 5) is 25.7. The van der Waals surface area contributed by atoms with Crippen molar-refractivity contribution in [3.63, 3.8) is 0 Å². The second kappa shape index (κ2) is 6.15. The zero-order valence-electron chi connectivity index (χ0n) is 12.7. The molecule has 0 spiro atoms. The molecular weight excluding hydrogens is 254 g/mol. The van der Waals surface area contributed by atoms with Gasteiger partial charge in [0.25, 0.3) is 0 Å². The average molecular weight is 281 g/mol. The van der Waals surface area contributed by atoms with E-state index >= 15 is 0 Å². The molecule has 4 nitrogen and oxygen atoms in total. The molecule has 0 aliphatic heterocycles. The van der Waals surface area contributed by atoms with Crippen LogP contribution < -0.4 is 0 Å². The molecule has 2 rings (SSSR count). The molecule has 0 aromatic rings. The summed E-state index contributed by atoms with van der Waals surface area (Å²) in [6, 6.07) is 0.173. The molecule has 0 radical (unpaired) electrons. The Bertz CT molecular complexity index is 378. The minimum absolute atomic E-state index is 0.0659. The number of aliphatic carboxylic acids is 1. The van der Waals surface area contributed by atoms with Gasteiger partial charge >= 0.3 is 5.97 Å². The fourth-order valence-electron chi connectivity index (χ4n) is 3.89. The highest BCUT2D eigenvalue weighted by molar-refractivity contribution is 5.86. The van der Waals surface area contributed by atoms with E-state index in [4.69, 9.17) is 0 Å². The van der Waals surface area contributed by atoms with Crippen LogP contribution in [-0.4, -0.2) is 33.5 Å². The van der Waals surface area contributed by atoms with Gasteiger partial charge in [-0.1, -0.05) is 32.6 Å². The Morgan fingerprint density at radius 3 is 2.40 bits per heavy atom. The van der Waals surface area contributed by atoms with Crippen LogP contribution in [0.1, 0.15) is 71.6 Å². The molecule has 2 unspecified atom stereocenters. The molecule has 114 valence electrons. The normalized spacial score (nSPS) is 30.6. The number of hydrogen-bond donors (Lipinski definition) is 1. The molecule has 0 saturated heterocycles. The lowest BCUT2D eigenvalue weighted by molar-refractivity contribution is -0.160. The van der Waals surface area contributed by atoms with Crippen LogP contribution in [0.3, 0.4) is 0 Å². The topological polar surface area (TPSA) is 57.6 Å². The third-order valence-electron chi connectivity index (χ3n) is 4.98. The Hall–Kier alpha value is -1.06. The van der Waals surface area contributed by atoms with Gasteiger partial charge in [0.2, 0.25) is 5.91 Å². The molecule has 2 aliphatic carbocycles. The lowest BCUT2D eigenvalue weighted by Gasteiger charge is -2.40. The molecule has 2 fully saturated rings. The minimum atomic E-state index is -0.935. The van der Waals surface area contributed by atoms with E-state index < -0.39 is 11.5 Å². The van der Waals surface area contributed by atoms with Crippen LogP contribution in [-0.2, 0) is 9.59 Å². The molecule has 20 heavy (non-hydrogen) atoms. The van der Waals surface area contributed by atoms with Crippen molar-refractivity contribution >= 4 is 11.9 Å². The van der Waals surface area contributed by atoms with Gasteiger partial charge in [-0.05, 0) is 38.0 Å². The minimum Gasteiger partial charge on any atom is -0.479 e. The van der Waals surface area contributed by atoms with Crippen molar-refractivity contribution in [2.75, 3.05) is 0 Å². The van der Waals surface area contributed by atoms with Gasteiger partial charge in [-0.2, -0.15) is 0 Å². The number of amides is 1. The zero-order valence-corrected chi connectivity index (χ0v) is 12.7. The van der Waals surface area contributed by atoms with E-state index in [9.17, 15) is 14.7 Å². The van der Waals surface area contributed by atoms with Crippen molar-refractivity contribution in [2.45, 2.75) is 83.2 Å². The lowest BCUT2D eigenvalue weighted by Crippen LogP contribution is -2.57. The number of nitrogens with zero attached hydrogens (tertiary/aromatic N) is 1. The van der Waals surface area contributed by atoms with Crippen LogP contribution in [0.4, 0.5) is 0 Å². The number of carboxylic acid groups (broad SMARTS) is 1. The van der Waals surface area contributed by atoms with Gasteiger partial charge in [-0.3, -0.25) is 4.79 Å². The first-order valence-corrected chi connectivity index (χ1v) is 8.04. The molecule has 0 bridgehead atoms. The maximum Gasteiger partial charge on any atom is 0.329 e. The maximum atomic E-state index is 12.0. The first-order valence-electron chi connectivity index (χ1n) is 8.04. The number of rotatable bonds is 5. The second-order valence-electron chi connectivity index (χ2n) is 6.54.